The van der Waals surface area contributed by atoms with Crippen molar-refractivity contribution < 1.29 is 9.53 Å². The SMILES string of the molecule is COc1cc(Nc2ncn(C3CC3)n2)cc2c1CCN2C(C)=O. The zero-order valence-corrected chi connectivity index (χ0v) is 13.2. The summed E-state index contributed by atoms with van der Waals surface area (Å²) in [6.07, 6.45) is 4.91. The lowest BCUT2D eigenvalue weighted by Gasteiger charge is -2.17. The Morgan fingerprint density at radius 3 is 2.91 bits per heavy atom. The minimum absolute atomic E-state index is 0.0408. The highest BCUT2D eigenvalue weighted by Crippen LogP contribution is 2.39. The summed E-state index contributed by atoms with van der Waals surface area (Å²) in [5.41, 5.74) is 2.80. The number of nitrogens with zero attached hydrogens (tertiary/aromatic N) is 4. The van der Waals surface area contributed by atoms with E-state index in [4.69, 9.17) is 4.74 Å². The van der Waals surface area contributed by atoms with E-state index in [9.17, 15) is 4.79 Å². The molecule has 0 radical (unpaired) electrons. The molecule has 2 heterocycles. The molecule has 1 aromatic carbocycles. The Labute approximate surface area is 134 Å². The molecular weight excluding hydrogens is 294 g/mol. The van der Waals surface area contributed by atoms with Crippen LogP contribution in [0.2, 0.25) is 0 Å². The second-order valence-corrected chi connectivity index (χ2v) is 6.00. The largest absolute Gasteiger partial charge is 0.496 e. The highest BCUT2D eigenvalue weighted by Gasteiger charge is 2.27. The Morgan fingerprint density at radius 2 is 2.22 bits per heavy atom. The highest BCUT2D eigenvalue weighted by atomic mass is 16.5. The number of hydrogen-bond donors (Lipinski definition) is 1. The molecule has 0 saturated heterocycles. The monoisotopic (exact) mass is 313 g/mol. The first kappa shape index (κ1) is 14.0. The number of methoxy groups -OCH3 is 1. The fourth-order valence-corrected chi connectivity index (χ4v) is 3.02. The molecule has 7 heteroatoms. The molecule has 1 saturated carbocycles. The maximum Gasteiger partial charge on any atom is 0.246 e. The van der Waals surface area contributed by atoms with Gasteiger partial charge in [0.2, 0.25) is 11.9 Å². The second kappa shape index (κ2) is 5.26. The van der Waals surface area contributed by atoms with Crippen LogP contribution in [-0.4, -0.2) is 34.3 Å². The number of rotatable bonds is 4. The minimum atomic E-state index is 0.0408. The standard InChI is InChI=1S/C16H19N5O2/c1-10(22)20-6-5-13-14(20)7-11(8-15(13)23-2)18-16-17-9-21(19-16)12-3-4-12/h7-9,12H,3-6H2,1-2H3,(H,18,19). The molecule has 0 bridgehead atoms. The molecule has 1 N–H and O–H groups in total. The van der Waals surface area contributed by atoms with E-state index < -0.39 is 0 Å². The number of hydrogen-bond acceptors (Lipinski definition) is 5. The molecule has 120 valence electrons. The van der Waals surface area contributed by atoms with Gasteiger partial charge in [0, 0.05) is 30.8 Å². The first-order valence-electron chi connectivity index (χ1n) is 7.83. The van der Waals surface area contributed by atoms with E-state index in [0.717, 1.165) is 29.1 Å². The molecule has 4 rings (SSSR count). The average molecular weight is 313 g/mol. The summed E-state index contributed by atoms with van der Waals surface area (Å²) in [5, 5.41) is 7.65. The van der Waals surface area contributed by atoms with Crippen molar-refractivity contribution in [3.05, 3.63) is 24.0 Å². The van der Waals surface area contributed by atoms with Crippen molar-refractivity contribution in [3.63, 3.8) is 0 Å². The third-order valence-corrected chi connectivity index (χ3v) is 4.35. The van der Waals surface area contributed by atoms with Gasteiger partial charge in [0.15, 0.2) is 0 Å². The van der Waals surface area contributed by atoms with E-state index in [-0.39, 0.29) is 5.91 Å². The lowest BCUT2D eigenvalue weighted by molar-refractivity contribution is -0.116. The van der Waals surface area contributed by atoms with E-state index in [1.54, 1.807) is 25.3 Å². The summed E-state index contributed by atoms with van der Waals surface area (Å²) in [4.78, 5) is 17.9. The molecule has 1 amide bonds. The summed E-state index contributed by atoms with van der Waals surface area (Å²) in [6, 6.07) is 4.39. The van der Waals surface area contributed by atoms with Gasteiger partial charge in [-0.2, -0.15) is 0 Å². The quantitative estimate of drug-likeness (QED) is 0.937. The number of carbonyl (C=O) groups is 1. The Hall–Kier alpha value is -2.57. The number of fused-ring (bicyclic) bond motifs is 1. The van der Waals surface area contributed by atoms with Gasteiger partial charge in [-0.3, -0.25) is 4.79 Å². The molecule has 23 heavy (non-hydrogen) atoms. The average Bonchev–Trinajstić information content (AvgIpc) is 3.12. The molecule has 2 aromatic rings. The highest BCUT2D eigenvalue weighted by molar-refractivity contribution is 5.95. The van der Waals surface area contributed by atoms with Crippen LogP contribution in [-0.2, 0) is 11.2 Å². The Kier molecular flexibility index (Phi) is 3.21. The molecule has 1 aliphatic carbocycles. The van der Waals surface area contributed by atoms with E-state index >= 15 is 0 Å². The smallest absolute Gasteiger partial charge is 0.246 e. The Balaban J connectivity index is 1.65. The zero-order valence-electron chi connectivity index (χ0n) is 13.2. The van der Waals surface area contributed by atoms with Gasteiger partial charge < -0.3 is 15.0 Å². The lowest BCUT2D eigenvalue weighted by atomic mass is 10.1. The number of amides is 1. The Morgan fingerprint density at radius 1 is 1.39 bits per heavy atom. The van der Waals surface area contributed by atoms with Crippen LogP contribution in [0.1, 0.15) is 31.4 Å². The van der Waals surface area contributed by atoms with Crippen molar-refractivity contribution in [2.45, 2.75) is 32.2 Å². The van der Waals surface area contributed by atoms with Crippen molar-refractivity contribution in [2.75, 3.05) is 23.9 Å². The molecule has 0 atom stereocenters. The predicted molar refractivity (Wildman–Crippen MR) is 86.3 cm³/mol. The van der Waals surface area contributed by atoms with Crippen LogP contribution in [0.3, 0.4) is 0 Å². The van der Waals surface area contributed by atoms with Gasteiger partial charge in [-0.15, -0.1) is 5.10 Å². The van der Waals surface area contributed by atoms with Crippen molar-refractivity contribution in [3.8, 4) is 5.75 Å². The minimum Gasteiger partial charge on any atom is -0.496 e. The van der Waals surface area contributed by atoms with Crippen LogP contribution in [0.5, 0.6) is 5.75 Å². The normalized spacial score (nSPS) is 16.3. The maximum absolute atomic E-state index is 11.8. The van der Waals surface area contributed by atoms with Gasteiger partial charge in [0.05, 0.1) is 18.8 Å². The van der Waals surface area contributed by atoms with E-state index in [2.05, 4.69) is 15.4 Å². The van der Waals surface area contributed by atoms with Crippen LogP contribution in [0.25, 0.3) is 0 Å². The molecule has 0 unspecified atom stereocenters. The molecule has 0 spiro atoms. The van der Waals surface area contributed by atoms with E-state index in [1.807, 2.05) is 16.8 Å². The summed E-state index contributed by atoms with van der Waals surface area (Å²) >= 11 is 0. The number of nitrogens with one attached hydrogen (secondary N) is 1. The van der Waals surface area contributed by atoms with Gasteiger partial charge in [0.25, 0.3) is 0 Å². The molecule has 1 aliphatic heterocycles. The first-order valence-corrected chi connectivity index (χ1v) is 7.83. The summed E-state index contributed by atoms with van der Waals surface area (Å²) in [6.45, 7) is 2.28. The number of anilines is 3. The topological polar surface area (TPSA) is 72.3 Å². The molecule has 2 aliphatic rings. The van der Waals surface area contributed by atoms with Gasteiger partial charge in [-0.05, 0) is 25.3 Å². The van der Waals surface area contributed by atoms with Gasteiger partial charge in [0.1, 0.15) is 12.1 Å². The van der Waals surface area contributed by atoms with Gasteiger partial charge >= 0.3 is 0 Å². The molecule has 1 aromatic heterocycles. The maximum atomic E-state index is 11.8. The van der Waals surface area contributed by atoms with Crippen LogP contribution < -0.4 is 15.0 Å². The van der Waals surface area contributed by atoms with E-state index in [1.165, 1.54) is 12.8 Å². The fraction of sp³-hybridized carbons (Fsp3) is 0.438. The third kappa shape index (κ3) is 2.52. The summed E-state index contributed by atoms with van der Waals surface area (Å²) in [7, 11) is 1.65. The molecule has 1 fully saturated rings. The fourth-order valence-electron chi connectivity index (χ4n) is 3.02. The summed E-state index contributed by atoms with van der Waals surface area (Å²) in [5.74, 6) is 1.39. The van der Waals surface area contributed by atoms with Crippen LogP contribution in [0, 0.1) is 0 Å². The molecular formula is C16H19N5O2. The summed E-state index contributed by atoms with van der Waals surface area (Å²) < 4.78 is 7.39. The molecule has 7 nitrogen and oxygen atoms in total. The number of carbonyl (C=O) groups excluding carboxylic acids is 1. The third-order valence-electron chi connectivity index (χ3n) is 4.35. The zero-order chi connectivity index (χ0) is 16.0. The second-order valence-electron chi connectivity index (χ2n) is 6.00. The van der Waals surface area contributed by atoms with Crippen molar-refractivity contribution >= 4 is 23.2 Å². The van der Waals surface area contributed by atoms with Crippen molar-refractivity contribution in [2.24, 2.45) is 0 Å². The van der Waals surface area contributed by atoms with Crippen LogP contribution in [0.4, 0.5) is 17.3 Å². The predicted octanol–water partition coefficient (Wildman–Crippen LogP) is 2.27. The lowest BCUT2D eigenvalue weighted by Crippen LogP contribution is -2.25. The first-order chi connectivity index (χ1) is 11.2. The number of aromatic nitrogens is 3. The Bertz CT molecular complexity index is 766. The van der Waals surface area contributed by atoms with Gasteiger partial charge in [-0.1, -0.05) is 0 Å². The van der Waals surface area contributed by atoms with Crippen molar-refractivity contribution in [1.82, 2.24) is 14.8 Å². The van der Waals surface area contributed by atoms with Crippen LogP contribution >= 0.6 is 0 Å². The number of ether oxygens (including phenoxy) is 1. The van der Waals surface area contributed by atoms with Crippen molar-refractivity contribution in [1.29, 1.82) is 0 Å². The van der Waals surface area contributed by atoms with E-state index in [0.29, 0.717) is 18.5 Å². The van der Waals surface area contributed by atoms with Gasteiger partial charge in [-0.25, -0.2) is 9.67 Å². The van der Waals surface area contributed by atoms with Crippen LogP contribution in [0.15, 0.2) is 18.5 Å². The number of benzene rings is 1.